The second-order valence-corrected chi connectivity index (χ2v) is 5.98. The summed E-state index contributed by atoms with van der Waals surface area (Å²) in [5.41, 5.74) is 0.753. The van der Waals surface area contributed by atoms with Crippen LogP contribution < -0.4 is 5.32 Å². The molecule has 0 aliphatic rings. The molecule has 1 aromatic heterocycles. The molecule has 132 valence electrons. The molecule has 1 N–H and O–H groups in total. The first-order valence-electron chi connectivity index (χ1n) is 7.46. The van der Waals surface area contributed by atoms with E-state index < -0.39 is 35.7 Å². The van der Waals surface area contributed by atoms with Crippen molar-refractivity contribution in [3.8, 4) is 11.3 Å². The number of ether oxygens (including phenoxy) is 1. The molecule has 2 aromatic carbocycles. The first-order valence-corrected chi connectivity index (χ1v) is 8.34. The maximum absolute atomic E-state index is 13.5. The van der Waals surface area contributed by atoms with Gasteiger partial charge in [-0.3, -0.25) is 10.1 Å². The number of benzene rings is 2. The molecule has 3 aromatic rings. The summed E-state index contributed by atoms with van der Waals surface area (Å²) in [5.74, 6) is -4.02. The van der Waals surface area contributed by atoms with Crippen LogP contribution in [0.3, 0.4) is 0 Å². The topological polar surface area (TPSA) is 68.3 Å². The van der Waals surface area contributed by atoms with Crippen LogP contribution >= 0.6 is 11.3 Å². The van der Waals surface area contributed by atoms with Crippen molar-refractivity contribution < 1.29 is 23.1 Å². The Morgan fingerprint density at radius 2 is 1.73 bits per heavy atom. The van der Waals surface area contributed by atoms with Crippen LogP contribution in [0.5, 0.6) is 0 Å². The van der Waals surface area contributed by atoms with E-state index in [1.165, 1.54) is 11.3 Å². The van der Waals surface area contributed by atoms with Crippen molar-refractivity contribution >= 4 is 28.3 Å². The molecule has 0 bridgehead atoms. The highest BCUT2D eigenvalue weighted by Gasteiger charge is 2.19. The fourth-order valence-corrected chi connectivity index (χ4v) is 2.86. The predicted octanol–water partition coefficient (Wildman–Crippen LogP) is 3.88. The molecule has 0 saturated heterocycles. The second kappa shape index (κ2) is 7.83. The van der Waals surface area contributed by atoms with Crippen molar-refractivity contribution in [1.82, 2.24) is 4.98 Å². The van der Waals surface area contributed by atoms with Crippen LogP contribution in [0.1, 0.15) is 10.4 Å². The van der Waals surface area contributed by atoms with Crippen LogP contribution in [0.25, 0.3) is 11.3 Å². The van der Waals surface area contributed by atoms with E-state index in [0.717, 1.165) is 23.8 Å². The first-order chi connectivity index (χ1) is 12.5. The summed E-state index contributed by atoms with van der Waals surface area (Å²) in [6, 6.07) is 12.4. The van der Waals surface area contributed by atoms with E-state index in [1.54, 1.807) is 5.38 Å². The number of hydrogen-bond donors (Lipinski definition) is 1. The second-order valence-electron chi connectivity index (χ2n) is 5.12. The number of carbonyl (C=O) groups is 2. The maximum atomic E-state index is 13.5. The number of nitrogens with zero attached hydrogens (tertiary/aromatic N) is 1. The highest BCUT2D eigenvalue weighted by atomic mass is 32.1. The number of halogens is 2. The molecular formula is C18H12F2N2O3S. The van der Waals surface area contributed by atoms with Crippen LogP contribution in [0, 0.1) is 11.6 Å². The zero-order chi connectivity index (χ0) is 18.5. The van der Waals surface area contributed by atoms with Gasteiger partial charge < -0.3 is 4.74 Å². The van der Waals surface area contributed by atoms with E-state index in [4.69, 9.17) is 0 Å². The first kappa shape index (κ1) is 17.7. The molecule has 0 saturated carbocycles. The lowest BCUT2D eigenvalue weighted by molar-refractivity contribution is -0.119. The van der Waals surface area contributed by atoms with Gasteiger partial charge in [0.2, 0.25) is 0 Å². The van der Waals surface area contributed by atoms with E-state index >= 15 is 0 Å². The number of hydrogen-bond acceptors (Lipinski definition) is 5. The van der Waals surface area contributed by atoms with Crippen molar-refractivity contribution in [3.63, 3.8) is 0 Å². The molecule has 0 spiro atoms. The average molecular weight is 374 g/mol. The number of esters is 1. The smallest absolute Gasteiger partial charge is 0.344 e. The summed E-state index contributed by atoms with van der Waals surface area (Å²) in [4.78, 5) is 27.9. The minimum absolute atomic E-state index is 0.321. The van der Waals surface area contributed by atoms with Gasteiger partial charge in [-0.2, -0.15) is 0 Å². The Kier molecular flexibility index (Phi) is 5.33. The van der Waals surface area contributed by atoms with Crippen LogP contribution in [-0.4, -0.2) is 23.5 Å². The van der Waals surface area contributed by atoms with Gasteiger partial charge in [0.05, 0.1) is 5.69 Å². The molecule has 26 heavy (non-hydrogen) atoms. The number of thiazole rings is 1. The maximum Gasteiger partial charge on any atom is 0.344 e. The van der Waals surface area contributed by atoms with Crippen molar-refractivity contribution in [2.45, 2.75) is 0 Å². The Labute approximate surface area is 151 Å². The fraction of sp³-hybridized carbons (Fsp3) is 0.0556. The van der Waals surface area contributed by atoms with Gasteiger partial charge >= 0.3 is 5.97 Å². The largest absolute Gasteiger partial charge is 0.452 e. The Morgan fingerprint density at radius 3 is 2.42 bits per heavy atom. The molecule has 3 rings (SSSR count). The standard InChI is InChI=1S/C18H12F2N2O3S/c19-12-7-4-8-13(20)16(12)17(24)25-9-15(23)22-18-21-14(10-26-18)11-5-2-1-3-6-11/h1-8,10H,9H2,(H,21,22,23). The van der Waals surface area contributed by atoms with Crippen molar-refractivity contribution in [1.29, 1.82) is 0 Å². The lowest BCUT2D eigenvalue weighted by atomic mass is 10.2. The van der Waals surface area contributed by atoms with E-state index in [0.29, 0.717) is 10.8 Å². The van der Waals surface area contributed by atoms with E-state index in [9.17, 15) is 18.4 Å². The summed E-state index contributed by atoms with van der Waals surface area (Å²) in [6.45, 7) is -0.688. The average Bonchev–Trinajstić information content (AvgIpc) is 3.09. The summed E-state index contributed by atoms with van der Waals surface area (Å²) in [7, 11) is 0. The van der Waals surface area contributed by atoms with E-state index in [-0.39, 0.29) is 0 Å². The molecule has 0 fully saturated rings. The third-order valence-electron chi connectivity index (χ3n) is 3.32. The van der Waals surface area contributed by atoms with E-state index in [2.05, 4.69) is 15.0 Å². The quantitative estimate of drug-likeness (QED) is 0.688. The van der Waals surface area contributed by atoms with Crippen LogP contribution in [0.4, 0.5) is 13.9 Å². The highest BCUT2D eigenvalue weighted by Crippen LogP contribution is 2.24. The molecular weight excluding hydrogens is 362 g/mol. The zero-order valence-electron chi connectivity index (χ0n) is 13.2. The third kappa shape index (κ3) is 4.09. The molecule has 1 heterocycles. The summed E-state index contributed by atoms with van der Waals surface area (Å²) >= 11 is 1.20. The molecule has 0 radical (unpaired) electrons. The van der Waals surface area contributed by atoms with Crippen molar-refractivity contribution in [3.05, 3.63) is 71.1 Å². The molecule has 0 unspecified atom stereocenters. The monoisotopic (exact) mass is 374 g/mol. The number of carbonyl (C=O) groups excluding carboxylic acids is 2. The fourth-order valence-electron chi connectivity index (χ4n) is 2.12. The van der Waals surface area contributed by atoms with Gasteiger partial charge in [-0.15, -0.1) is 11.3 Å². The Hall–Kier alpha value is -3.13. The minimum atomic E-state index is -1.25. The van der Waals surface area contributed by atoms with Crippen molar-refractivity contribution in [2.75, 3.05) is 11.9 Å². The molecule has 0 aliphatic carbocycles. The Morgan fingerprint density at radius 1 is 1.04 bits per heavy atom. The summed E-state index contributed by atoms with van der Waals surface area (Å²) in [6.07, 6.45) is 0. The Bertz CT molecular complexity index is 924. The summed E-state index contributed by atoms with van der Waals surface area (Å²) in [5, 5.41) is 4.56. The highest BCUT2D eigenvalue weighted by molar-refractivity contribution is 7.14. The number of amides is 1. The lowest BCUT2D eigenvalue weighted by Crippen LogP contribution is -2.21. The number of aromatic nitrogens is 1. The predicted molar refractivity (Wildman–Crippen MR) is 92.8 cm³/mol. The van der Waals surface area contributed by atoms with Crippen LogP contribution in [0.2, 0.25) is 0 Å². The van der Waals surface area contributed by atoms with Crippen LogP contribution in [-0.2, 0) is 9.53 Å². The van der Waals surface area contributed by atoms with Gasteiger partial charge in [0.25, 0.3) is 5.91 Å². The van der Waals surface area contributed by atoms with Crippen molar-refractivity contribution in [2.24, 2.45) is 0 Å². The van der Waals surface area contributed by atoms with Gasteiger partial charge in [-0.25, -0.2) is 18.6 Å². The van der Waals surface area contributed by atoms with Gasteiger partial charge in [-0.1, -0.05) is 36.4 Å². The number of rotatable bonds is 5. The number of nitrogens with one attached hydrogen (secondary N) is 1. The normalized spacial score (nSPS) is 10.4. The molecule has 0 aliphatic heterocycles. The van der Waals surface area contributed by atoms with Gasteiger partial charge in [0.1, 0.15) is 17.2 Å². The molecule has 1 amide bonds. The zero-order valence-corrected chi connectivity index (χ0v) is 14.1. The SMILES string of the molecule is O=C(COC(=O)c1c(F)cccc1F)Nc1nc(-c2ccccc2)cs1. The van der Waals surface area contributed by atoms with Gasteiger partial charge in [0, 0.05) is 10.9 Å². The third-order valence-corrected chi connectivity index (χ3v) is 4.08. The molecule has 0 atom stereocenters. The summed E-state index contributed by atoms with van der Waals surface area (Å²) < 4.78 is 31.6. The lowest BCUT2D eigenvalue weighted by Gasteiger charge is -2.06. The Balaban J connectivity index is 1.58. The van der Waals surface area contributed by atoms with E-state index in [1.807, 2.05) is 30.3 Å². The molecule has 5 nitrogen and oxygen atoms in total. The van der Waals surface area contributed by atoms with Gasteiger partial charge in [-0.05, 0) is 12.1 Å². The number of anilines is 1. The molecule has 8 heteroatoms. The van der Waals surface area contributed by atoms with Gasteiger partial charge in [0.15, 0.2) is 11.7 Å². The van der Waals surface area contributed by atoms with Crippen LogP contribution in [0.15, 0.2) is 53.9 Å². The minimum Gasteiger partial charge on any atom is -0.452 e.